The van der Waals surface area contributed by atoms with Crippen LogP contribution in [0.4, 0.5) is 4.79 Å². The van der Waals surface area contributed by atoms with Crippen LogP contribution in [0.1, 0.15) is 15.9 Å². The fraction of sp³-hybridized carbons (Fsp3) is 0.222. The van der Waals surface area contributed by atoms with Gasteiger partial charge in [-0.3, -0.25) is 0 Å². The first-order valence-electron chi connectivity index (χ1n) is 7.55. The second-order valence-corrected chi connectivity index (χ2v) is 5.38. The Labute approximate surface area is 150 Å². The molecule has 6 nitrogen and oxygen atoms in total. The van der Waals surface area contributed by atoms with Gasteiger partial charge in [0.05, 0.1) is 24.2 Å². The molecule has 2 aromatic carbocycles. The van der Waals surface area contributed by atoms with Crippen LogP contribution in [0.5, 0.6) is 5.75 Å². The second-order valence-electron chi connectivity index (χ2n) is 4.97. The third-order valence-electron chi connectivity index (χ3n) is 3.20. The SMILES string of the molecule is COC(=O)c1ccc(OCCNC(=O)OCc2ccccc2)cc1Cl. The summed E-state index contributed by atoms with van der Waals surface area (Å²) in [6.07, 6.45) is -0.522. The first-order chi connectivity index (χ1) is 12.1. The molecule has 132 valence electrons. The van der Waals surface area contributed by atoms with Crippen LogP contribution < -0.4 is 10.1 Å². The molecule has 1 N–H and O–H groups in total. The van der Waals surface area contributed by atoms with Gasteiger partial charge in [0, 0.05) is 0 Å². The maximum atomic E-state index is 11.6. The van der Waals surface area contributed by atoms with Crippen molar-refractivity contribution < 1.29 is 23.8 Å². The molecular weight excluding hydrogens is 346 g/mol. The number of carbonyl (C=O) groups is 2. The molecule has 7 heteroatoms. The molecule has 0 saturated carbocycles. The molecule has 0 unspecified atom stereocenters. The Balaban J connectivity index is 1.69. The quantitative estimate of drug-likeness (QED) is 0.602. The minimum absolute atomic E-state index is 0.206. The van der Waals surface area contributed by atoms with Gasteiger partial charge in [0.25, 0.3) is 0 Å². The average Bonchev–Trinajstić information content (AvgIpc) is 2.64. The first-order valence-corrected chi connectivity index (χ1v) is 7.93. The van der Waals surface area contributed by atoms with Gasteiger partial charge in [0.1, 0.15) is 19.0 Å². The first kappa shape index (κ1) is 18.6. The van der Waals surface area contributed by atoms with Gasteiger partial charge in [-0.15, -0.1) is 0 Å². The molecule has 0 aromatic heterocycles. The number of nitrogens with one attached hydrogen (secondary N) is 1. The Bertz CT molecular complexity index is 721. The van der Waals surface area contributed by atoms with E-state index in [1.165, 1.54) is 19.2 Å². The predicted octanol–water partition coefficient (Wildman–Crippen LogP) is 3.43. The summed E-state index contributed by atoms with van der Waals surface area (Å²) in [4.78, 5) is 23.0. The summed E-state index contributed by atoms with van der Waals surface area (Å²) in [5.41, 5.74) is 1.17. The highest BCUT2D eigenvalue weighted by Crippen LogP contribution is 2.23. The van der Waals surface area contributed by atoms with E-state index < -0.39 is 12.1 Å². The minimum atomic E-state index is -0.522. The largest absolute Gasteiger partial charge is 0.492 e. The van der Waals surface area contributed by atoms with Crippen molar-refractivity contribution in [3.05, 3.63) is 64.7 Å². The van der Waals surface area contributed by atoms with Gasteiger partial charge >= 0.3 is 12.1 Å². The second kappa shape index (κ2) is 9.54. The average molecular weight is 364 g/mol. The Morgan fingerprint density at radius 3 is 2.56 bits per heavy atom. The predicted molar refractivity (Wildman–Crippen MR) is 92.9 cm³/mol. The van der Waals surface area contributed by atoms with Crippen molar-refractivity contribution >= 4 is 23.7 Å². The van der Waals surface area contributed by atoms with E-state index in [-0.39, 0.29) is 30.3 Å². The van der Waals surface area contributed by atoms with Crippen molar-refractivity contribution in [2.24, 2.45) is 0 Å². The zero-order valence-corrected chi connectivity index (χ0v) is 14.4. The van der Waals surface area contributed by atoms with Crippen molar-refractivity contribution in [2.75, 3.05) is 20.3 Å². The van der Waals surface area contributed by atoms with E-state index in [4.69, 9.17) is 21.1 Å². The smallest absolute Gasteiger partial charge is 0.407 e. The normalized spacial score (nSPS) is 10.0. The zero-order chi connectivity index (χ0) is 18.1. The molecule has 0 aliphatic heterocycles. The molecule has 0 fully saturated rings. The number of methoxy groups -OCH3 is 1. The standard InChI is InChI=1S/C18H18ClNO5/c1-23-17(21)15-8-7-14(11-16(15)19)24-10-9-20-18(22)25-12-13-5-3-2-4-6-13/h2-8,11H,9-10,12H2,1H3,(H,20,22). The number of alkyl carbamates (subject to hydrolysis) is 1. The lowest BCUT2D eigenvalue weighted by Crippen LogP contribution is -2.28. The number of rotatable bonds is 7. The van der Waals surface area contributed by atoms with Crippen LogP contribution in [0.3, 0.4) is 0 Å². The van der Waals surface area contributed by atoms with Crippen molar-refractivity contribution in [1.29, 1.82) is 0 Å². The fourth-order valence-electron chi connectivity index (χ4n) is 1.96. The zero-order valence-electron chi connectivity index (χ0n) is 13.7. The van der Waals surface area contributed by atoms with E-state index in [1.807, 2.05) is 30.3 Å². The maximum absolute atomic E-state index is 11.6. The van der Waals surface area contributed by atoms with Gasteiger partial charge in [-0.05, 0) is 23.8 Å². The lowest BCUT2D eigenvalue weighted by atomic mass is 10.2. The van der Waals surface area contributed by atoms with Crippen molar-refractivity contribution in [3.8, 4) is 5.75 Å². The summed E-state index contributed by atoms with van der Waals surface area (Å²) in [5, 5.41) is 2.82. The monoisotopic (exact) mass is 363 g/mol. The summed E-state index contributed by atoms with van der Waals surface area (Å²) < 4.78 is 15.1. The molecule has 0 aliphatic rings. The van der Waals surface area contributed by atoms with Crippen LogP contribution in [0.25, 0.3) is 0 Å². The number of hydrogen-bond donors (Lipinski definition) is 1. The van der Waals surface area contributed by atoms with Crippen LogP contribution in [-0.4, -0.2) is 32.3 Å². The van der Waals surface area contributed by atoms with Crippen molar-refractivity contribution in [2.45, 2.75) is 6.61 Å². The topological polar surface area (TPSA) is 73.9 Å². The van der Waals surface area contributed by atoms with Gasteiger partial charge in [0.15, 0.2) is 0 Å². The number of halogens is 1. The molecule has 1 amide bonds. The van der Waals surface area contributed by atoms with E-state index in [2.05, 4.69) is 10.1 Å². The summed E-state index contributed by atoms with van der Waals surface area (Å²) >= 11 is 6.00. The fourth-order valence-corrected chi connectivity index (χ4v) is 2.20. The van der Waals surface area contributed by atoms with Crippen LogP contribution in [0, 0.1) is 0 Å². The molecule has 25 heavy (non-hydrogen) atoms. The Hall–Kier alpha value is -2.73. The molecule has 0 atom stereocenters. The van der Waals surface area contributed by atoms with Gasteiger partial charge < -0.3 is 19.5 Å². The van der Waals surface area contributed by atoms with Gasteiger partial charge in [-0.1, -0.05) is 41.9 Å². The third-order valence-corrected chi connectivity index (χ3v) is 3.51. The number of hydrogen-bond acceptors (Lipinski definition) is 5. The Morgan fingerprint density at radius 2 is 1.88 bits per heavy atom. The summed E-state index contributed by atoms with van der Waals surface area (Å²) in [6, 6.07) is 14.0. The maximum Gasteiger partial charge on any atom is 0.407 e. The highest BCUT2D eigenvalue weighted by molar-refractivity contribution is 6.33. The minimum Gasteiger partial charge on any atom is -0.492 e. The summed E-state index contributed by atoms with van der Waals surface area (Å²) in [6.45, 7) is 0.705. The van der Waals surface area contributed by atoms with Crippen LogP contribution in [-0.2, 0) is 16.1 Å². The molecule has 0 aliphatic carbocycles. The van der Waals surface area contributed by atoms with Crippen LogP contribution >= 0.6 is 11.6 Å². The van der Waals surface area contributed by atoms with Gasteiger partial charge in [-0.2, -0.15) is 0 Å². The third kappa shape index (κ3) is 6.00. The highest BCUT2D eigenvalue weighted by Gasteiger charge is 2.11. The number of benzene rings is 2. The van der Waals surface area contributed by atoms with E-state index >= 15 is 0 Å². The molecule has 2 rings (SSSR count). The number of esters is 1. The van der Waals surface area contributed by atoms with E-state index in [0.717, 1.165) is 5.56 Å². The molecule has 0 radical (unpaired) electrons. The van der Waals surface area contributed by atoms with Gasteiger partial charge in [0.2, 0.25) is 0 Å². The summed E-state index contributed by atoms with van der Waals surface area (Å²) in [7, 11) is 1.28. The van der Waals surface area contributed by atoms with Crippen molar-refractivity contribution in [3.63, 3.8) is 0 Å². The van der Waals surface area contributed by atoms with Gasteiger partial charge in [-0.25, -0.2) is 9.59 Å². The van der Waals surface area contributed by atoms with E-state index in [9.17, 15) is 9.59 Å². The van der Waals surface area contributed by atoms with E-state index in [0.29, 0.717) is 5.75 Å². The molecule has 2 aromatic rings. The number of ether oxygens (including phenoxy) is 3. The molecule has 0 heterocycles. The van der Waals surface area contributed by atoms with Crippen molar-refractivity contribution in [1.82, 2.24) is 5.32 Å². The van der Waals surface area contributed by atoms with Crippen LogP contribution in [0.15, 0.2) is 48.5 Å². The Morgan fingerprint density at radius 1 is 1.12 bits per heavy atom. The number of amides is 1. The molecule has 0 bridgehead atoms. The lowest BCUT2D eigenvalue weighted by molar-refractivity contribution is 0.0601. The molecule has 0 saturated heterocycles. The van der Waals surface area contributed by atoms with E-state index in [1.54, 1.807) is 6.07 Å². The number of carbonyl (C=O) groups excluding carboxylic acids is 2. The van der Waals surface area contributed by atoms with Crippen LogP contribution in [0.2, 0.25) is 5.02 Å². The summed E-state index contributed by atoms with van der Waals surface area (Å²) in [5.74, 6) is -0.0310. The Kier molecular flexibility index (Phi) is 7.10. The molecular formula is C18H18ClNO5. The highest BCUT2D eigenvalue weighted by atomic mass is 35.5. The molecule has 0 spiro atoms. The lowest BCUT2D eigenvalue weighted by Gasteiger charge is -2.10.